The van der Waals surface area contributed by atoms with E-state index in [4.69, 9.17) is 13.2 Å². The second-order valence-electron chi connectivity index (χ2n) is 3.07. The number of rotatable bonds is 1. The molecule has 1 aliphatic rings. The lowest BCUT2D eigenvalue weighted by atomic mass is 10.5. The number of likely N-dealkylation sites (N-methyl/N-ethyl adjacent to an activating group) is 1. The lowest BCUT2D eigenvalue weighted by Gasteiger charge is -2.37. The molecule has 3 N–H and O–H groups in total. The minimum atomic E-state index is -5.50. The molecule has 7 nitrogen and oxygen atoms in total. The summed E-state index contributed by atoms with van der Waals surface area (Å²) < 4.78 is 81.6. The zero-order valence-corrected chi connectivity index (χ0v) is 11.5. The second kappa shape index (κ2) is 11.4. The van der Waals surface area contributed by atoms with Gasteiger partial charge < -0.3 is 15.4 Å². The van der Waals surface area contributed by atoms with Gasteiger partial charge in [-0.15, -0.1) is 17.6 Å². The third-order valence-electron chi connectivity index (χ3n) is 1.78. The van der Waals surface area contributed by atoms with Crippen molar-refractivity contribution in [2.45, 2.75) is 6.43 Å². The molecule has 1 unspecified atom stereocenters. The van der Waals surface area contributed by atoms with Crippen LogP contribution in [0.2, 0.25) is 0 Å². The molecule has 1 atom stereocenters. The number of ether oxygens (including phenoxy) is 1. The Balaban J connectivity index is -0.000000243. The minimum absolute atomic E-state index is 0. The van der Waals surface area contributed by atoms with Crippen molar-refractivity contribution in [1.29, 1.82) is 0 Å². The van der Waals surface area contributed by atoms with E-state index in [9.17, 15) is 26.3 Å². The van der Waals surface area contributed by atoms with Crippen molar-refractivity contribution in [3.8, 4) is 0 Å². The van der Waals surface area contributed by atoms with Gasteiger partial charge in [-0.3, -0.25) is 0 Å². The van der Waals surface area contributed by atoms with Gasteiger partial charge in [-0.1, -0.05) is 0 Å². The number of alkyl halides is 4. The SMILES string of the molecule is C[N+]1(S(=O)[O-])CCOCC1.FC(F)(F)[18F].N.O=S=O. The molecule has 13 heteroatoms. The molecule has 118 valence electrons. The highest BCUT2D eigenvalue weighted by atomic mass is 32.2. The first-order chi connectivity index (χ1) is 8.06. The maximum atomic E-state index is 10.6. The Morgan fingerprint density at radius 2 is 1.47 bits per heavy atom. The normalized spacial score (nSPS) is 18.4. The van der Waals surface area contributed by atoms with Gasteiger partial charge in [-0.05, 0) is 0 Å². The zero-order chi connectivity index (χ0) is 14.8. The molecular weight excluding hydrogens is 319 g/mol. The summed E-state index contributed by atoms with van der Waals surface area (Å²) >= 11 is -2.76. The fraction of sp³-hybridized carbons (Fsp3) is 1.00. The van der Waals surface area contributed by atoms with Crippen molar-refractivity contribution >= 4 is 22.8 Å². The van der Waals surface area contributed by atoms with Crippen molar-refractivity contribution in [1.82, 2.24) is 6.15 Å². The van der Waals surface area contributed by atoms with Crippen LogP contribution in [0.4, 0.5) is 17.6 Å². The average molecular weight is 333 g/mol. The minimum Gasteiger partial charge on any atom is -0.724 e. The summed E-state index contributed by atoms with van der Waals surface area (Å²) in [7, 11) is 1.70. The third kappa shape index (κ3) is 17.5. The standard InChI is InChI=1S/C5H11NO3S.CF4.H3N.O2S/c1-6(10(7)8)2-4-9-5-3-6;2-1(3,4)5;;1-3-2/h2-5H2,1H3;;1H3;/i;2-1;;. The quantitative estimate of drug-likeness (QED) is 0.417. The van der Waals surface area contributed by atoms with E-state index in [1.807, 2.05) is 0 Å². The van der Waals surface area contributed by atoms with E-state index in [1.54, 1.807) is 7.05 Å². The number of halogens is 4. The van der Waals surface area contributed by atoms with Crippen LogP contribution in [-0.4, -0.2) is 60.8 Å². The first-order valence-corrected chi connectivity index (χ1v) is 5.96. The van der Waals surface area contributed by atoms with Crippen molar-refractivity contribution in [3.05, 3.63) is 0 Å². The number of hydrogen-bond donors (Lipinski definition) is 1. The van der Waals surface area contributed by atoms with Crippen LogP contribution in [0.15, 0.2) is 0 Å². The van der Waals surface area contributed by atoms with Crippen LogP contribution in [0, 0.1) is 0 Å². The number of hydrogen-bond acceptors (Lipinski definition) is 6. The monoisotopic (exact) mass is 333 g/mol. The smallest absolute Gasteiger partial charge is 0.559 e. The molecule has 1 rings (SSSR count). The molecule has 0 aromatic carbocycles. The Morgan fingerprint density at radius 1 is 1.21 bits per heavy atom. The van der Waals surface area contributed by atoms with Crippen molar-refractivity contribution in [3.63, 3.8) is 0 Å². The van der Waals surface area contributed by atoms with Gasteiger partial charge in [0.25, 0.3) is 0 Å². The summed E-state index contributed by atoms with van der Waals surface area (Å²) in [5.74, 6) is 0. The van der Waals surface area contributed by atoms with Gasteiger partial charge in [0, 0.05) is 0 Å². The molecule has 0 saturated carbocycles. The molecular formula is C6H14F4N2O5S2. The highest BCUT2D eigenvalue weighted by Gasteiger charge is 2.26. The summed E-state index contributed by atoms with van der Waals surface area (Å²) in [6.07, 6.45) is -5.50. The highest BCUT2D eigenvalue weighted by Crippen LogP contribution is 2.13. The first-order valence-electron chi connectivity index (χ1n) is 4.26. The van der Waals surface area contributed by atoms with Gasteiger partial charge in [-0.25, -0.2) is 8.10 Å². The molecule has 1 fully saturated rings. The number of quaternary nitrogens is 1. The van der Waals surface area contributed by atoms with Crippen LogP contribution in [0.3, 0.4) is 0 Å². The Labute approximate surface area is 113 Å². The lowest BCUT2D eigenvalue weighted by Crippen LogP contribution is -2.52. The topological polar surface area (TPSA) is 118 Å². The van der Waals surface area contributed by atoms with Crippen LogP contribution < -0.4 is 6.15 Å². The van der Waals surface area contributed by atoms with Crippen LogP contribution >= 0.6 is 0 Å². The highest BCUT2D eigenvalue weighted by molar-refractivity contribution is 7.73. The van der Waals surface area contributed by atoms with E-state index < -0.39 is 29.3 Å². The molecule has 0 spiro atoms. The van der Waals surface area contributed by atoms with Crippen LogP contribution in [0.1, 0.15) is 0 Å². The van der Waals surface area contributed by atoms with E-state index in [0.29, 0.717) is 26.3 Å². The molecule has 0 aliphatic carbocycles. The van der Waals surface area contributed by atoms with E-state index in [0.717, 1.165) is 0 Å². The predicted molar refractivity (Wildman–Crippen MR) is 56.8 cm³/mol. The Bertz CT molecular complexity index is 286. The molecule has 19 heavy (non-hydrogen) atoms. The molecule has 1 heterocycles. The Hall–Kier alpha value is -0.470. The molecule has 0 amide bonds. The van der Waals surface area contributed by atoms with Gasteiger partial charge in [0.2, 0.25) is 0 Å². The van der Waals surface area contributed by atoms with Gasteiger partial charge in [0.1, 0.15) is 24.4 Å². The lowest BCUT2D eigenvalue weighted by molar-refractivity contribution is -0.795. The Morgan fingerprint density at radius 3 is 1.63 bits per heavy atom. The van der Waals surface area contributed by atoms with Crippen LogP contribution in [0.5, 0.6) is 0 Å². The summed E-state index contributed by atoms with van der Waals surface area (Å²) in [5, 5.41) is 0. The Kier molecular flexibility index (Phi) is 14.1. The molecule has 0 aromatic heterocycles. The second-order valence-corrected chi connectivity index (χ2v) is 4.52. The van der Waals surface area contributed by atoms with Gasteiger partial charge in [-0.2, -0.15) is 8.42 Å². The summed E-state index contributed by atoms with van der Waals surface area (Å²) in [4.78, 5) is 0. The molecule has 0 bridgehead atoms. The average Bonchev–Trinajstić information content (AvgIpc) is 2.17. The van der Waals surface area contributed by atoms with Gasteiger partial charge >= 0.3 is 18.0 Å². The van der Waals surface area contributed by atoms with Crippen LogP contribution in [0.25, 0.3) is 0 Å². The van der Waals surface area contributed by atoms with E-state index in [-0.39, 0.29) is 10.0 Å². The summed E-state index contributed by atoms with van der Waals surface area (Å²) in [5.41, 5.74) is 0. The predicted octanol–water partition coefficient (Wildman–Crippen LogP) is 0.225. The first kappa shape index (κ1) is 23.6. The number of nitrogens with zero attached hydrogens (tertiary/aromatic N) is 1. The van der Waals surface area contributed by atoms with Crippen molar-refractivity contribution < 1.29 is 43.4 Å². The fourth-order valence-corrected chi connectivity index (χ4v) is 1.33. The summed E-state index contributed by atoms with van der Waals surface area (Å²) in [6, 6.07) is 0. The van der Waals surface area contributed by atoms with Crippen LogP contribution in [-0.2, 0) is 27.6 Å². The molecule has 0 aromatic rings. The molecule has 0 radical (unpaired) electrons. The fourth-order valence-electron chi connectivity index (χ4n) is 0.878. The molecule has 1 aliphatic heterocycles. The van der Waals surface area contributed by atoms with Crippen molar-refractivity contribution in [2.24, 2.45) is 0 Å². The maximum absolute atomic E-state index is 10.6. The zero-order valence-electron chi connectivity index (χ0n) is 9.85. The molecule has 1 saturated heterocycles. The van der Waals surface area contributed by atoms with Gasteiger partial charge in [0.15, 0.2) is 0 Å². The largest absolute Gasteiger partial charge is 0.724 e. The number of morpholine rings is 1. The maximum Gasteiger partial charge on any atom is 0.559 e. The van der Waals surface area contributed by atoms with E-state index >= 15 is 0 Å². The van der Waals surface area contributed by atoms with E-state index in [1.165, 1.54) is 0 Å². The van der Waals surface area contributed by atoms with Crippen molar-refractivity contribution in [2.75, 3.05) is 33.4 Å². The summed E-state index contributed by atoms with van der Waals surface area (Å²) in [6.45, 7) is 2.22. The third-order valence-corrected chi connectivity index (χ3v) is 2.86. The van der Waals surface area contributed by atoms with E-state index in [2.05, 4.69) is 0 Å². The van der Waals surface area contributed by atoms with Gasteiger partial charge in [0.05, 0.1) is 20.3 Å².